The molecule has 144 valence electrons. The Hall–Kier alpha value is -2.58. The number of benzene rings is 1. The number of carbonyl (C=O) groups is 2. The molecule has 0 spiro atoms. The van der Waals surface area contributed by atoms with Gasteiger partial charge in [0.2, 0.25) is 16.9 Å². The minimum Gasteiger partial charge on any atom is -0.303 e. The van der Waals surface area contributed by atoms with Crippen molar-refractivity contribution >= 4 is 45.3 Å². The molecule has 1 aliphatic heterocycles. The summed E-state index contributed by atoms with van der Waals surface area (Å²) in [6.45, 7) is 4.00. The topological polar surface area (TPSA) is 75.2 Å². The summed E-state index contributed by atoms with van der Waals surface area (Å²) in [7, 11) is 0. The predicted molar refractivity (Wildman–Crippen MR) is 112 cm³/mol. The van der Waals surface area contributed by atoms with Crippen molar-refractivity contribution in [2.45, 2.75) is 32.7 Å². The summed E-state index contributed by atoms with van der Waals surface area (Å²) >= 11 is 2.93. The molecular formula is C20H20N4O2S2. The lowest BCUT2D eigenvalue weighted by molar-refractivity contribution is -0.122. The Labute approximate surface area is 171 Å². The summed E-state index contributed by atoms with van der Waals surface area (Å²) < 4.78 is 0. The van der Waals surface area contributed by atoms with Gasteiger partial charge in [-0.15, -0.1) is 21.5 Å². The van der Waals surface area contributed by atoms with Gasteiger partial charge in [-0.2, -0.15) is 0 Å². The van der Waals surface area contributed by atoms with E-state index in [1.165, 1.54) is 11.3 Å². The van der Waals surface area contributed by atoms with Crippen molar-refractivity contribution in [1.29, 1.82) is 0 Å². The molecule has 4 rings (SSSR count). The van der Waals surface area contributed by atoms with E-state index in [0.717, 1.165) is 27.6 Å². The first-order valence-electron chi connectivity index (χ1n) is 9.12. The molecule has 1 fully saturated rings. The second-order valence-corrected chi connectivity index (χ2v) is 8.76. The second-order valence-electron chi connectivity index (χ2n) is 6.71. The molecule has 0 bridgehead atoms. The Morgan fingerprint density at radius 2 is 2.04 bits per heavy atom. The summed E-state index contributed by atoms with van der Waals surface area (Å²) in [4.78, 5) is 28.7. The number of nitrogens with one attached hydrogen (secondary N) is 1. The third kappa shape index (κ3) is 3.57. The van der Waals surface area contributed by atoms with Crippen molar-refractivity contribution in [2.75, 3.05) is 10.2 Å². The van der Waals surface area contributed by atoms with Gasteiger partial charge < -0.3 is 10.2 Å². The van der Waals surface area contributed by atoms with Crippen LogP contribution < -0.4 is 10.2 Å². The third-order valence-electron chi connectivity index (χ3n) is 4.81. The number of hydrogen-bond acceptors (Lipinski definition) is 6. The smallest absolute Gasteiger partial charge is 0.232 e. The van der Waals surface area contributed by atoms with Crippen LogP contribution in [-0.4, -0.2) is 22.0 Å². The van der Waals surface area contributed by atoms with Crippen LogP contribution in [0.2, 0.25) is 0 Å². The van der Waals surface area contributed by atoms with Gasteiger partial charge in [0.05, 0.1) is 12.0 Å². The Morgan fingerprint density at radius 1 is 1.25 bits per heavy atom. The molecule has 1 saturated heterocycles. The number of carbonyl (C=O) groups excluding carboxylic acids is 2. The number of hydrogen-bond donors (Lipinski definition) is 1. The lowest BCUT2D eigenvalue weighted by Gasteiger charge is -2.27. The van der Waals surface area contributed by atoms with E-state index in [2.05, 4.69) is 15.5 Å². The maximum Gasteiger partial charge on any atom is 0.232 e. The number of amides is 2. The maximum absolute atomic E-state index is 13.0. The first-order chi connectivity index (χ1) is 13.6. The highest BCUT2D eigenvalue weighted by Crippen LogP contribution is 2.43. The summed E-state index contributed by atoms with van der Waals surface area (Å²) in [5.74, 6) is -0.726. The Kier molecular flexibility index (Phi) is 5.23. The van der Waals surface area contributed by atoms with E-state index in [1.54, 1.807) is 16.2 Å². The molecular weight excluding hydrogens is 392 g/mol. The van der Waals surface area contributed by atoms with Crippen LogP contribution in [0.4, 0.5) is 10.8 Å². The molecule has 0 saturated carbocycles. The predicted octanol–water partition coefficient (Wildman–Crippen LogP) is 4.20. The Morgan fingerprint density at radius 3 is 2.68 bits per heavy atom. The Balaban J connectivity index is 1.65. The average Bonchev–Trinajstić information content (AvgIpc) is 3.42. The molecule has 3 heterocycles. The minimum atomic E-state index is -0.485. The highest BCUT2D eigenvalue weighted by atomic mass is 32.1. The van der Waals surface area contributed by atoms with Gasteiger partial charge in [-0.05, 0) is 36.9 Å². The van der Waals surface area contributed by atoms with E-state index in [9.17, 15) is 9.59 Å². The molecule has 1 aromatic carbocycles. The molecule has 8 heteroatoms. The van der Waals surface area contributed by atoms with Crippen molar-refractivity contribution in [3.8, 4) is 0 Å². The van der Waals surface area contributed by atoms with Crippen molar-refractivity contribution < 1.29 is 9.59 Å². The van der Waals surface area contributed by atoms with Crippen LogP contribution >= 0.6 is 22.7 Å². The van der Waals surface area contributed by atoms with E-state index in [4.69, 9.17) is 0 Å². The standard InChI is InChI=1S/C20H20N4O2S2/c1-3-16-22-23-20(28-16)21-19(26)14-11-17(25)24(13-8-6-12(2)7-9-13)18(14)15-5-4-10-27-15/h4-10,14,18H,3,11H2,1-2H3,(H,21,23,26). The maximum atomic E-state index is 13.0. The monoisotopic (exact) mass is 412 g/mol. The van der Waals surface area contributed by atoms with Gasteiger partial charge in [0.1, 0.15) is 5.01 Å². The van der Waals surface area contributed by atoms with Crippen molar-refractivity contribution in [3.63, 3.8) is 0 Å². The van der Waals surface area contributed by atoms with Gasteiger partial charge in [0.15, 0.2) is 0 Å². The van der Waals surface area contributed by atoms with Gasteiger partial charge in [-0.1, -0.05) is 42.0 Å². The van der Waals surface area contributed by atoms with Gasteiger partial charge in [0, 0.05) is 17.0 Å². The average molecular weight is 413 g/mol. The van der Waals surface area contributed by atoms with E-state index >= 15 is 0 Å². The van der Waals surface area contributed by atoms with E-state index < -0.39 is 5.92 Å². The van der Waals surface area contributed by atoms with Crippen LogP contribution in [0.3, 0.4) is 0 Å². The number of thiophene rings is 1. The Bertz CT molecular complexity index is 982. The quantitative estimate of drug-likeness (QED) is 0.681. The van der Waals surface area contributed by atoms with Crippen LogP contribution in [-0.2, 0) is 16.0 Å². The number of anilines is 2. The molecule has 1 N–H and O–H groups in total. The molecule has 0 radical (unpaired) electrons. The summed E-state index contributed by atoms with van der Waals surface area (Å²) in [6.07, 6.45) is 0.941. The van der Waals surface area contributed by atoms with Gasteiger partial charge in [-0.3, -0.25) is 9.59 Å². The zero-order chi connectivity index (χ0) is 19.7. The molecule has 2 amide bonds. The second kappa shape index (κ2) is 7.81. The van der Waals surface area contributed by atoms with E-state index in [-0.39, 0.29) is 24.3 Å². The van der Waals surface area contributed by atoms with Crippen molar-refractivity contribution in [2.24, 2.45) is 5.92 Å². The molecule has 3 aromatic rings. The SMILES string of the molecule is CCc1nnc(NC(=O)C2CC(=O)N(c3ccc(C)cc3)C2c2cccs2)s1. The molecule has 1 aliphatic rings. The van der Waals surface area contributed by atoms with Crippen LogP contribution in [0.5, 0.6) is 0 Å². The van der Waals surface area contributed by atoms with E-state index in [1.807, 2.05) is 55.6 Å². The fourth-order valence-corrected chi connectivity index (χ4v) is 4.97. The van der Waals surface area contributed by atoms with Gasteiger partial charge in [0.25, 0.3) is 0 Å². The fraction of sp³-hybridized carbons (Fsp3) is 0.300. The minimum absolute atomic E-state index is 0.0473. The number of rotatable bonds is 5. The molecule has 2 aromatic heterocycles. The van der Waals surface area contributed by atoms with Crippen LogP contribution in [0.1, 0.15) is 34.8 Å². The first kappa shape index (κ1) is 18.8. The van der Waals surface area contributed by atoms with Crippen LogP contribution in [0, 0.1) is 12.8 Å². The highest BCUT2D eigenvalue weighted by molar-refractivity contribution is 7.15. The number of nitrogens with zero attached hydrogens (tertiary/aromatic N) is 3. The van der Waals surface area contributed by atoms with Crippen molar-refractivity contribution in [1.82, 2.24) is 10.2 Å². The largest absolute Gasteiger partial charge is 0.303 e. The zero-order valence-corrected chi connectivity index (χ0v) is 17.2. The molecule has 28 heavy (non-hydrogen) atoms. The lowest BCUT2D eigenvalue weighted by Crippen LogP contribution is -2.31. The first-order valence-corrected chi connectivity index (χ1v) is 10.8. The number of aryl methyl sites for hydroxylation is 2. The van der Waals surface area contributed by atoms with Crippen molar-refractivity contribution in [3.05, 3.63) is 57.2 Å². The summed E-state index contributed by atoms with van der Waals surface area (Å²) in [6, 6.07) is 11.4. The van der Waals surface area contributed by atoms with E-state index in [0.29, 0.717) is 5.13 Å². The molecule has 6 nitrogen and oxygen atoms in total. The zero-order valence-electron chi connectivity index (χ0n) is 15.6. The third-order valence-corrected chi connectivity index (χ3v) is 6.73. The normalized spacial score (nSPS) is 19.2. The summed E-state index contributed by atoms with van der Waals surface area (Å²) in [5, 5.41) is 14.3. The van der Waals surface area contributed by atoms with Crippen LogP contribution in [0.25, 0.3) is 0 Å². The molecule has 0 aliphatic carbocycles. The molecule has 2 atom stereocenters. The van der Waals surface area contributed by atoms with Crippen LogP contribution in [0.15, 0.2) is 41.8 Å². The van der Waals surface area contributed by atoms with Gasteiger partial charge in [-0.25, -0.2) is 0 Å². The summed E-state index contributed by atoms with van der Waals surface area (Å²) in [5.41, 5.74) is 1.94. The number of aromatic nitrogens is 2. The highest BCUT2D eigenvalue weighted by Gasteiger charge is 2.46. The fourth-order valence-electron chi connectivity index (χ4n) is 3.41. The molecule has 2 unspecified atom stereocenters. The lowest BCUT2D eigenvalue weighted by atomic mass is 9.97. The van der Waals surface area contributed by atoms with Gasteiger partial charge >= 0.3 is 0 Å².